The summed E-state index contributed by atoms with van der Waals surface area (Å²) < 4.78 is 126. The third-order valence-electron chi connectivity index (χ3n) is 16.5. The van der Waals surface area contributed by atoms with Crippen molar-refractivity contribution < 1.29 is 58.2 Å². The first-order valence-electron chi connectivity index (χ1n) is 29.5. The first kappa shape index (κ1) is 66.2. The second kappa shape index (κ2) is 26.3. The lowest BCUT2D eigenvalue weighted by molar-refractivity contribution is -0.384. The van der Waals surface area contributed by atoms with E-state index in [4.69, 9.17) is 13.6 Å². The Hall–Kier alpha value is -7.24. The van der Waals surface area contributed by atoms with Crippen molar-refractivity contribution in [2.75, 3.05) is 16.0 Å². The number of rotatable bonds is 33. The Labute approximate surface area is 517 Å². The maximum absolute atomic E-state index is 17.3. The fraction of sp³-hybridized carbons (Fsp3) is 0.400. The molecule has 6 N–H and O–H groups in total. The average molecular weight is 1300 g/mol. The molecule has 0 aliphatic heterocycles. The molecule has 6 aromatic carbocycles. The van der Waals surface area contributed by atoms with Crippen molar-refractivity contribution in [3.8, 4) is 0 Å². The molecule has 25 nitrogen and oxygen atoms in total. The van der Waals surface area contributed by atoms with Crippen LogP contribution in [0.2, 0.25) is 0 Å². The SMILES string of the molecule is CCC(CC)(OP(=O)(OC(CC)(CC)c1cccc([N+](=O)[O-])c1Nc1ccc(S(=O)(=O)NC2CC2)cc1)OC(CC)(CC)c1cccc([N+](=O)[O-])c1Nc1ccc(S(=O)(=O)NC2CC2)cc1)c1cccc([N+](=O)[O-])c1Nc1ccc(S(=O)(=O)NC2CC2)cc1. The number of benzene rings is 6. The van der Waals surface area contributed by atoms with Gasteiger partial charge in [-0.1, -0.05) is 77.9 Å². The Morgan fingerprint density at radius 3 is 0.820 bits per heavy atom. The summed E-state index contributed by atoms with van der Waals surface area (Å²) in [6, 6.07) is 28.7. The van der Waals surface area contributed by atoms with Gasteiger partial charge in [0.25, 0.3) is 17.1 Å². The second-order valence-electron chi connectivity index (χ2n) is 22.3. The lowest BCUT2D eigenvalue weighted by atomic mass is 9.86. The molecule has 0 unspecified atom stereocenters. The van der Waals surface area contributed by atoms with Crippen molar-refractivity contribution in [1.82, 2.24) is 14.2 Å². The van der Waals surface area contributed by atoms with Gasteiger partial charge >= 0.3 is 7.82 Å². The molecule has 0 heterocycles. The molecule has 89 heavy (non-hydrogen) atoms. The molecule has 3 saturated carbocycles. The Morgan fingerprint density at radius 2 is 0.629 bits per heavy atom. The normalized spacial score (nSPS) is 15.1. The summed E-state index contributed by atoms with van der Waals surface area (Å²) in [4.78, 5) is 37.4. The highest BCUT2D eigenvalue weighted by molar-refractivity contribution is 7.90. The number of hydrogen-bond donors (Lipinski definition) is 6. The van der Waals surface area contributed by atoms with Crippen molar-refractivity contribution in [1.29, 1.82) is 0 Å². The van der Waals surface area contributed by atoms with Gasteiger partial charge in [-0.3, -0.25) is 43.9 Å². The summed E-state index contributed by atoms with van der Waals surface area (Å²) >= 11 is 0. The molecule has 3 aliphatic carbocycles. The smallest absolute Gasteiger partial charge is 0.350 e. The van der Waals surface area contributed by atoms with Gasteiger partial charge in [-0.25, -0.2) is 44.0 Å². The molecule has 0 atom stereocenters. The Bertz CT molecular complexity index is 3610. The van der Waals surface area contributed by atoms with E-state index >= 15 is 4.57 Å². The molecule has 3 aliphatic rings. The minimum Gasteiger partial charge on any atom is -0.350 e. The zero-order valence-corrected chi connectivity index (χ0v) is 53.2. The van der Waals surface area contributed by atoms with Crippen LogP contribution in [0.3, 0.4) is 0 Å². The second-order valence-corrected chi connectivity index (χ2v) is 28.9. The van der Waals surface area contributed by atoms with Crippen LogP contribution in [-0.4, -0.2) is 58.1 Å². The number of nitrogens with one attached hydrogen (secondary N) is 6. The molecule has 476 valence electrons. The third kappa shape index (κ3) is 14.7. The molecule has 29 heteroatoms. The molecule has 0 spiro atoms. The van der Waals surface area contributed by atoms with Gasteiger partial charge in [0.1, 0.15) is 33.9 Å². The van der Waals surface area contributed by atoms with Crippen LogP contribution in [0.1, 0.15) is 135 Å². The number of para-hydroxylation sites is 3. The number of nitrogens with zero attached hydrogens (tertiary/aromatic N) is 3. The van der Waals surface area contributed by atoms with Gasteiger partial charge in [-0.05, 0) is 150 Å². The van der Waals surface area contributed by atoms with Gasteiger partial charge in [-0.2, -0.15) is 0 Å². The minimum atomic E-state index is -5.51. The van der Waals surface area contributed by atoms with Crippen molar-refractivity contribution in [3.63, 3.8) is 0 Å². The third-order valence-corrected chi connectivity index (χ3v) is 22.8. The zero-order valence-electron chi connectivity index (χ0n) is 49.9. The number of anilines is 6. The lowest BCUT2D eigenvalue weighted by Gasteiger charge is -2.44. The van der Waals surface area contributed by atoms with Crippen molar-refractivity contribution in [2.45, 2.75) is 168 Å². The van der Waals surface area contributed by atoms with Crippen LogP contribution in [0.25, 0.3) is 0 Å². The first-order chi connectivity index (χ1) is 42.2. The molecule has 6 aromatic rings. The standard InChI is InChI=1S/C60H72N9O16PS3/c1-7-58(8-2,49-16-13-19-52(67(70)71)55(49)61-40-28-34-46(35-29-40)87(77,78)64-43-22-23-43)83-86(76,84-59(9-3,10-4)50-17-14-20-53(68(72)73)56(50)62-41-30-36-47(37-31-41)88(79,80)65-44-24-25-44)85-60(11-5,12-6)51-18-15-21-54(69(74)75)57(51)63-42-32-38-48(39-33-42)89(81,82)66-45-26-27-45/h13-21,28-39,43-45,61-66H,7-12,22-27H2,1-6H3. The van der Waals surface area contributed by atoms with E-state index in [9.17, 15) is 55.6 Å². The van der Waals surface area contributed by atoms with Gasteiger partial charge < -0.3 is 16.0 Å². The van der Waals surface area contributed by atoms with E-state index < -0.39 is 86.5 Å². The highest BCUT2D eigenvalue weighted by Crippen LogP contribution is 2.67. The molecular weight excluding hydrogens is 1230 g/mol. The Balaban J connectivity index is 1.20. The maximum Gasteiger partial charge on any atom is 0.477 e. The largest absolute Gasteiger partial charge is 0.477 e. The van der Waals surface area contributed by atoms with Crippen LogP contribution < -0.4 is 30.1 Å². The van der Waals surface area contributed by atoms with Gasteiger partial charge in [0.05, 0.1) is 29.5 Å². The van der Waals surface area contributed by atoms with Crippen LogP contribution in [0.5, 0.6) is 0 Å². The predicted octanol–water partition coefficient (Wildman–Crippen LogP) is 13.6. The van der Waals surface area contributed by atoms with Crippen LogP contribution in [0.15, 0.2) is 142 Å². The quantitative estimate of drug-likeness (QED) is 0.0127. The molecule has 9 rings (SSSR count). The van der Waals surface area contributed by atoms with Crippen molar-refractivity contribution in [3.05, 3.63) is 174 Å². The van der Waals surface area contributed by atoms with Crippen molar-refractivity contribution in [2.24, 2.45) is 0 Å². The van der Waals surface area contributed by atoms with E-state index in [1.165, 1.54) is 127 Å². The van der Waals surface area contributed by atoms with Crippen LogP contribution in [0, 0.1) is 30.3 Å². The summed E-state index contributed by atoms with van der Waals surface area (Å²) in [6.45, 7) is 10.1. The summed E-state index contributed by atoms with van der Waals surface area (Å²) in [5, 5.41) is 48.8. The van der Waals surface area contributed by atoms with E-state index in [1.807, 2.05) is 0 Å². The Kier molecular flexibility index (Phi) is 19.6. The summed E-state index contributed by atoms with van der Waals surface area (Å²) in [5.41, 5.74) is -6.49. The Morgan fingerprint density at radius 1 is 0.404 bits per heavy atom. The van der Waals surface area contributed by atoms with Gasteiger partial charge in [-0.15, -0.1) is 0 Å². The number of nitro groups is 3. The number of nitro benzene ring substituents is 3. The number of hydrogen-bond acceptors (Lipinski definition) is 19. The van der Waals surface area contributed by atoms with Crippen LogP contribution in [-0.2, 0) is 65.0 Å². The monoisotopic (exact) mass is 1300 g/mol. The zero-order chi connectivity index (χ0) is 64.3. The predicted molar refractivity (Wildman–Crippen MR) is 336 cm³/mol. The summed E-state index contributed by atoms with van der Waals surface area (Å²) in [6.07, 6.45) is 3.67. The number of phosphoric acid groups is 1. The average Bonchev–Trinajstić information content (AvgIpc) is 1.50. The fourth-order valence-corrected chi connectivity index (χ4v) is 17.2. The van der Waals surface area contributed by atoms with E-state index in [-0.39, 0.29) is 122 Å². The van der Waals surface area contributed by atoms with E-state index in [1.54, 1.807) is 41.5 Å². The van der Waals surface area contributed by atoms with Gasteiger partial charge in [0, 0.05) is 70.1 Å². The molecule has 0 amide bonds. The van der Waals surface area contributed by atoms with Gasteiger partial charge in [0.2, 0.25) is 30.1 Å². The van der Waals surface area contributed by atoms with Crippen LogP contribution in [0.4, 0.5) is 51.2 Å². The summed E-state index contributed by atoms with van der Waals surface area (Å²) in [7, 11) is -17.2. The fourth-order valence-electron chi connectivity index (χ4n) is 10.8. The number of sulfonamides is 3. The molecule has 0 saturated heterocycles. The number of phosphoric ester groups is 1. The minimum absolute atomic E-state index is 0.0438. The van der Waals surface area contributed by atoms with E-state index in [2.05, 4.69) is 30.1 Å². The highest BCUT2D eigenvalue weighted by Gasteiger charge is 2.53. The van der Waals surface area contributed by atoms with Crippen molar-refractivity contribution >= 4 is 89.1 Å². The maximum atomic E-state index is 17.3. The molecule has 3 fully saturated rings. The van der Waals surface area contributed by atoms with Gasteiger partial charge in [0.15, 0.2) is 0 Å². The molecule has 0 aromatic heterocycles. The van der Waals surface area contributed by atoms with Crippen LogP contribution >= 0.6 is 7.82 Å². The molecular formula is C60H72N9O16PS3. The molecule has 0 bridgehead atoms. The molecule has 0 radical (unpaired) electrons. The highest BCUT2D eigenvalue weighted by atomic mass is 32.2. The van der Waals surface area contributed by atoms with E-state index in [0.29, 0.717) is 38.5 Å². The topological polar surface area (TPSA) is 349 Å². The lowest BCUT2D eigenvalue weighted by Crippen LogP contribution is -2.36. The van der Waals surface area contributed by atoms with E-state index in [0.717, 1.165) is 0 Å². The first-order valence-corrected chi connectivity index (χ1v) is 35.4. The summed E-state index contributed by atoms with van der Waals surface area (Å²) in [5.74, 6) is 0.